The van der Waals surface area contributed by atoms with Gasteiger partial charge in [0.05, 0.1) is 0 Å². The minimum atomic E-state index is -1.22. The van der Waals surface area contributed by atoms with Gasteiger partial charge in [-0.3, -0.25) is 9.59 Å². The Hall–Kier alpha value is -1.14. The van der Waals surface area contributed by atoms with Crippen LogP contribution in [-0.2, 0) is 9.59 Å². The van der Waals surface area contributed by atoms with E-state index in [1.807, 2.05) is 0 Å². The lowest BCUT2D eigenvalue weighted by Gasteiger charge is -2.20. The summed E-state index contributed by atoms with van der Waals surface area (Å²) < 4.78 is 0. The van der Waals surface area contributed by atoms with Crippen LogP contribution in [0.15, 0.2) is 0 Å². The van der Waals surface area contributed by atoms with Crippen molar-refractivity contribution in [2.45, 2.75) is 43.9 Å². The van der Waals surface area contributed by atoms with Crippen LogP contribution in [-0.4, -0.2) is 41.7 Å². The predicted octanol–water partition coefficient (Wildman–Crippen LogP) is -1.52. The smallest absolute Gasteiger partial charge is 0.250 e. The van der Waals surface area contributed by atoms with Crippen molar-refractivity contribution in [2.75, 3.05) is 6.54 Å². The van der Waals surface area contributed by atoms with Crippen LogP contribution < -0.4 is 16.4 Å². The fourth-order valence-electron chi connectivity index (χ4n) is 2.04. The van der Waals surface area contributed by atoms with E-state index in [0.717, 1.165) is 19.3 Å². The molecule has 1 aliphatic carbocycles. The summed E-state index contributed by atoms with van der Waals surface area (Å²) >= 11 is 0. The van der Waals surface area contributed by atoms with Gasteiger partial charge in [0.25, 0.3) is 5.91 Å². The molecule has 0 aromatic rings. The Morgan fingerprint density at radius 3 is 2.76 bits per heavy atom. The van der Waals surface area contributed by atoms with Crippen molar-refractivity contribution in [2.24, 2.45) is 11.7 Å². The summed E-state index contributed by atoms with van der Waals surface area (Å²) in [5, 5.41) is 15.2. The van der Waals surface area contributed by atoms with Crippen molar-refractivity contribution in [1.82, 2.24) is 10.6 Å². The first kappa shape index (κ1) is 12.3. The summed E-state index contributed by atoms with van der Waals surface area (Å²) in [6.45, 7) is 0.653. The molecule has 17 heavy (non-hydrogen) atoms. The molecule has 2 fully saturated rings. The maximum atomic E-state index is 11.5. The molecule has 2 unspecified atom stereocenters. The number of hydrogen-bond donors (Lipinski definition) is 4. The SMILES string of the molecule is NC(C[C@@H]1CCNC1=O)C(O)C(=O)NC1CC1. The van der Waals surface area contributed by atoms with Crippen LogP contribution in [0.2, 0.25) is 0 Å². The van der Waals surface area contributed by atoms with E-state index in [1.165, 1.54) is 0 Å². The van der Waals surface area contributed by atoms with Gasteiger partial charge >= 0.3 is 0 Å². The van der Waals surface area contributed by atoms with Crippen molar-refractivity contribution in [3.8, 4) is 0 Å². The Labute approximate surface area is 99.9 Å². The van der Waals surface area contributed by atoms with E-state index in [1.54, 1.807) is 0 Å². The van der Waals surface area contributed by atoms with E-state index < -0.39 is 18.1 Å². The number of amides is 2. The van der Waals surface area contributed by atoms with Crippen LogP contribution in [0.1, 0.15) is 25.7 Å². The standard InChI is InChI=1S/C11H19N3O3/c12-8(5-6-3-4-13-10(6)16)9(15)11(17)14-7-1-2-7/h6-9,15H,1-5,12H2,(H,13,16)(H,14,17)/t6-,8?,9?/m0/s1. The van der Waals surface area contributed by atoms with Crippen molar-refractivity contribution in [3.63, 3.8) is 0 Å². The lowest BCUT2D eigenvalue weighted by atomic mass is 9.95. The second-order valence-corrected chi connectivity index (χ2v) is 4.90. The van der Waals surface area contributed by atoms with Crippen LogP contribution in [0, 0.1) is 5.92 Å². The minimum Gasteiger partial charge on any atom is -0.382 e. The third-order valence-corrected chi connectivity index (χ3v) is 3.32. The molecule has 5 N–H and O–H groups in total. The van der Waals surface area contributed by atoms with Crippen LogP contribution in [0.25, 0.3) is 0 Å². The van der Waals surface area contributed by atoms with E-state index in [9.17, 15) is 14.7 Å². The highest BCUT2D eigenvalue weighted by Crippen LogP contribution is 2.20. The quantitative estimate of drug-likeness (QED) is 0.469. The molecule has 2 amide bonds. The van der Waals surface area contributed by atoms with E-state index in [4.69, 9.17) is 5.73 Å². The second kappa shape index (κ2) is 5.01. The second-order valence-electron chi connectivity index (χ2n) is 4.90. The maximum Gasteiger partial charge on any atom is 0.250 e. The Morgan fingerprint density at radius 2 is 2.24 bits per heavy atom. The Kier molecular flexibility index (Phi) is 3.63. The fraction of sp³-hybridized carbons (Fsp3) is 0.818. The van der Waals surface area contributed by atoms with Crippen molar-refractivity contribution in [3.05, 3.63) is 0 Å². The average molecular weight is 241 g/mol. The van der Waals surface area contributed by atoms with Crippen molar-refractivity contribution < 1.29 is 14.7 Å². The Balaban J connectivity index is 1.78. The van der Waals surface area contributed by atoms with Crippen LogP contribution in [0.5, 0.6) is 0 Å². The molecule has 6 heteroatoms. The van der Waals surface area contributed by atoms with Gasteiger partial charge in [-0.25, -0.2) is 0 Å². The highest BCUT2D eigenvalue weighted by molar-refractivity contribution is 5.83. The zero-order chi connectivity index (χ0) is 12.4. The van der Waals surface area contributed by atoms with Gasteiger partial charge in [-0.1, -0.05) is 0 Å². The molecule has 0 bridgehead atoms. The highest BCUT2D eigenvalue weighted by Gasteiger charge is 2.33. The Morgan fingerprint density at radius 1 is 1.53 bits per heavy atom. The van der Waals surface area contributed by atoms with Gasteiger partial charge in [-0.05, 0) is 25.7 Å². The first-order chi connectivity index (χ1) is 8.08. The van der Waals surface area contributed by atoms with Gasteiger partial charge in [-0.2, -0.15) is 0 Å². The molecule has 0 radical (unpaired) electrons. The van der Waals surface area contributed by atoms with Crippen LogP contribution >= 0.6 is 0 Å². The van der Waals surface area contributed by atoms with Gasteiger partial charge in [-0.15, -0.1) is 0 Å². The van der Waals surface area contributed by atoms with E-state index in [0.29, 0.717) is 13.0 Å². The van der Waals surface area contributed by atoms with Crippen molar-refractivity contribution in [1.29, 1.82) is 0 Å². The predicted molar refractivity (Wildman–Crippen MR) is 60.9 cm³/mol. The van der Waals surface area contributed by atoms with Gasteiger partial charge in [0.15, 0.2) is 0 Å². The topological polar surface area (TPSA) is 104 Å². The van der Waals surface area contributed by atoms with Crippen LogP contribution in [0.3, 0.4) is 0 Å². The molecule has 0 spiro atoms. The molecule has 0 aromatic heterocycles. The molecule has 3 atom stereocenters. The summed E-state index contributed by atoms with van der Waals surface area (Å²) in [5.41, 5.74) is 5.77. The van der Waals surface area contributed by atoms with E-state index in [2.05, 4.69) is 10.6 Å². The summed E-state index contributed by atoms with van der Waals surface area (Å²) in [5.74, 6) is -0.623. The molecular weight excluding hydrogens is 222 g/mol. The number of rotatable bonds is 5. The number of aliphatic hydroxyl groups excluding tert-OH is 1. The summed E-state index contributed by atoms with van der Waals surface area (Å²) in [4.78, 5) is 22.9. The number of nitrogens with two attached hydrogens (primary N) is 1. The van der Waals surface area contributed by atoms with Gasteiger partial charge in [0, 0.05) is 24.5 Å². The number of hydrogen-bond acceptors (Lipinski definition) is 4. The van der Waals surface area contributed by atoms with Gasteiger partial charge < -0.3 is 21.5 Å². The number of nitrogens with one attached hydrogen (secondary N) is 2. The minimum absolute atomic E-state index is 0.0322. The molecule has 96 valence electrons. The summed E-state index contributed by atoms with van der Waals surface area (Å²) in [6, 6.07) is -0.471. The van der Waals surface area contributed by atoms with E-state index in [-0.39, 0.29) is 17.9 Å². The molecule has 1 saturated heterocycles. The van der Waals surface area contributed by atoms with Crippen LogP contribution in [0.4, 0.5) is 0 Å². The average Bonchev–Trinajstić information content (AvgIpc) is 3.02. The largest absolute Gasteiger partial charge is 0.382 e. The zero-order valence-electron chi connectivity index (χ0n) is 9.69. The lowest BCUT2D eigenvalue weighted by Crippen LogP contribution is -2.48. The maximum absolute atomic E-state index is 11.5. The third kappa shape index (κ3) is 3.17. The molecule has 2 aliphatic rings. The normalized spacial score (nSPS) is 27.4. The summed E-state index contributed by atoms with van der Waals surface area (Å²) in [7, 11) is 0. The molecule has 0 aromatic carbocycles. The van der Waals surface area contributed by atoms with E-state index >= 15 is 0 Å². The monoisotopic (exact) mass is 241 g/mol. The molecule has 2 rings (SSSR count). The molecule has 6 nitrogen and oxygen atoms in total. The molecular formula is C11H19N3O3. The van der Waals surface area contributed by atoms with Crippen molar-refractivity contribution >= 4 is 11.8 Å². The third-order valence-electron chi connectivity index (χ3n) is 3.32. The summed E-state index contributed by atoms with van der Waals surface area (Å²) in [6.07, 6.45) is 1.80. The molecule has 1 aliphatic heterocycles. The first-order valence-electron chi connectivity index (χ1n) is 6.09. The number of aliphatic hydroxyl groups is 1. The number of carbonyl (C=O) groups is 2. The lowest BCUT2D eigenvalue weighted by molar-refractivity contribution is -0.131. The zero-order valence-corrected chi connectivity index (χ0v) is 9.69. The molecule has 1 saturated carbocycles. The fourth-order valence-corrected chi connectivity index (χ4v) is 2.04. The number of carbonyl (C=O) groups excluding carboxylic acids is 2. The Bertz CT molecular complexity index is 317. The van der Waals surface area contributed by atoms with Gasteiger partial charge in [0.1, 0.15) is 6.10 Å². The first-order valence-corrected chi connectivity index (χ1v) is 6.09. The van der Waals surface area contributed by atoms with Gasteiger partial charge in [0.2, 0.25) is 5.91 Å². The highest BCUT2D eigenvalue weighted by atomic mass is 16.3. The molecule has 1 heterocycles.